The zero-order valence-corrected chi connectivity index (χ0v) is 14.2. The number of aromatic nitrogens is 3. The molecule has 8 heteroatoms. The zero-order valence-electron chi connectivity index (χ0n) is 13.4. The normalized spacial score (nSPS) is 12.0. The highest BCUT2D eigenvalue weighted by Crippen LogP contribution is 2.31. The summed E-state index contributed by atoms with van der Waals surface area (Å²) >= 11 is 5.90. The van der Waals surface area contributed by atoms with Gasteiger partial charge in [0.2, 0.25) is 0 Å². The van der Waals surface area contributed by atoms with Crippen molar-refractivity contribution in [3.05, 3.63) is 58.6 Å². The second-order valence-corrected chi connectivity index (χ2v) is 6.16. The fraction of sp³-hybridized carbons (Fsp3) is 0.294. The van der Waals surface area contributed by atoms with Crippen LogP contribution in [0.1, 0.15) is 16.8 Å². The van der Waals surface area contributed by atoms with Crippen molar-refractivity contribution in [3.8, 4) is 0 Å². The molecule has 1 aromatic carbocycles. The number of halogens is 4. The van der Waals surface area contributed by atoms with Gasteiger partial charge in [0.1, 0.15) is 0 Å². The number of alkyl halides is 3. The molecule has 0 unspecified atom stereocenters. The molecule has 0 saturated carbocycles. The summed E-state index contributed by atoms with van der Waals surface area (Å²) in [6, 6.07) is 6.94. The van der Waals surface area contributed by atoms with E-state index in [-0.39, 0.29) is 5.02 Å². The Hall–Kier alpha value is -2.12. The third kappa shape index (κ3) is 4.11. The molecule has 1 N–H and O–H groups in total. The first-order chi connectivity index (χ1) is 11.8. The lowest BCUT2D eigenvalue weighted by Crippen LogP contribution is -2.17. The van der Waals surface area contributed by atoms with Crippen LogP contribution in [0.5, 0.6) is 0 Å². The van der Waals surface area contributed by atoms with E-state index in [1.54, 1.807) is 6.33 Å². The molecule has 3 aromatic rings. The number of benzene rings is 1. The first-order valence-electron chi connectivity index (χ1n) is 7.67. The van der Waals surface area contributed by atoms with Crippen molar-refractivity contribution < 1.29 is 13.2 Å². The summed E-state index contributed by atoms with van der Waals surface area (Å²) < 4.78 is 39.7. The number of rotatable bonds is 5. The Morgan fingerprint density at radius 2 is 2.00 bits per heavy atom. The van der Waals surface area contributed by atoms with E-state index in [0.29, 0.717) is 25.2 Å². The maximum absolute atomic E-state index is 12.6. The van der Waals surface area contributed by atoms with Gasteiger partial charge in [0.25, 0.3) is 0 Å². The van der Waals surface area contributed by atoms with Crippen LogP contribution in [0, 0.1) is 0 Å². The minimum Gasteiger partial charge on any atom is -0.334 e. The minimum absolute atomic E-state index is 0.0338. The molecule has 2 heterocycles. The molecular formula is C17H16ClF3N4. The molecule has 0 aliphatic carbocycles. The Morgan fingerprint density at radius 1 is 1.20 bits per heavy atom. The van der Waals surface area contributed by atoms with E-state index in [4.69, 9.17) is 11.6 Å². The van der Waals surface area contributed by atoms with E-state index in [1.807, 2.05) is 29.8 Å². The summed E-state index contributed by atoms with van der Waals surface area (Å²) in [6.07, 6.45) is -1.41. The molecule has 132 valence electrons. The molecule has 0 radical (unpaired) electrons. The van der Waals surface area contributed by atoms with Crippen LogP contribution in [0.15, 0.2) is 36.8 Å². The highest BCUT2D eigenvalue weighted by Gasteiger charge is 2.31. The zero-order chi connectivity index (χ0) is 18.0. The molecule has 0 amide bonds. The van der Waals surface area contributed by atoms with Gasteiger partial charge in [-0.25, -0.2) is 4.98 Å². The molecule has 0 bridgehead atoms. The van der Waals surface area contributed by atoms with Crippen LogP contribution < -0.4 is 5.32 Å². The summed E-state index contributed by atoms with van der Waals surface area (Å²) in [5, 5.41) is 3.27. The number of hydrogen-bond donors (Lipinski definition) is 1. The van der Waals surface area contributed by atoms with Gasteiger partial charge < -0.3 is 9.88 Å². The molecule has 0 atom stereocenters. The summed E-state index contributed by atoms with van der Waals surface area (Å²) in [5.74, 6) is 0. The van der Waals surface area contributed by atoms with Crippen LogP contribution in [0.3, 0.4) is 0 Å². The quantitative estimate of drug-likeness (QED) is 0.693. The van der Waals surface area contributed by atoms with E-state index >= 15 is 0 Å². The Labute approximate surface area is 147 Å². The van der Waals surface area contributed by atoms with Crippen molar-refractivity contribution in [1.29, 1.82) is 0 Å². The van der Waals surface area contributed by atoms with Crippen LogP contribution in [-0.2, 0) is 26.2 Å². The van der Waals surface area contributed by atoms with Gasteiger partial charge in [0.05, 0.1) is 33.6 Å². The van der Waals surface area contributed by atoms with Gasteiger partial charge in [-0.1, -0.05) is 17.7 Å². The lowest BCUT2D eigenvalue weighted by molar-refractivity contribution is -0.137. The minimum atomic E-state index is -4.43. The van der Waals surface area contributed by atoms with Crippen LogP contribution in [-0.4, -0.2) is 21.1 Å². The SMILES string of the molecule is Cn1cnc2cc(CNCCc3ncc(C(F)(F)F)cc3Cl)ccc21. The molecule has 4 nitrogen and oxygen atoms in total. The fourth-order valence-electron chi connectivity index (χ4n) is 2.54. The highest BCUT2D eigenvalue weighted by atomic mass is 35.5. The van der Waals surface area contributed by atoms with Crippen molar-refractivity contribution >= 4 is 22.6 Å². The third-order valence-electron chi connectivity index (χ3n) is 3.90. The standard InChI is InChI=1S/C17H16ClF3N4/c1-25-10-24-15-6-11(2-3-16(15)25)8-22-5-4-14-13(18)7-12(9-23-14)17(19,20)21/h2-3,6-7,9-10,22H,4-5,8H2,1H3. The van der Waals surface area contributed by atoms with Gasteiger partial charge in [-0.15, -0.1) is 0 Å². The molecule has 0 aliphatic rings. The van der Waals surface area contributed by atoms with Gasteiger partial charge in [-0.3, -0.25) is 4.98 Å². The van der Waals surface area contributed by atoms with Crippen molar-refractivity contribution in [2.75, 3.05) is 6.54 Å². The number of hydrogen-bond acceptors (Lipinski definition) is 3. The molecule has 2 aromatic heterocycles. The van der Waals surface area contributed by atoms with Crippen LogP contribution in [0.4, 0.5) is 13.2 Å². The van der Waals surface area contributed by atoms with Gasteiger partial charge in [0, 0.05) is 32.8 Å². The second-order valence-electron chi connectivity index (χ2n) is 5.76. The van der Waals surface area contributed by atoms with E-state index < -0.39 is 11.7 Å². The maximum Gasteiger partial charge on any atom is 0.417 e. The predicted octanol–water partition coefficient (Wildman–Crippen LogP) is 3.97. The summed E-state index contributed by atoms with van der Waals surface area (Å²) in [6.45, 7) is 1.18. The first-order valence-corrected chi connectivity index (χ1v) is 8.04. The maximum atomic E-state index is 12.6. The number of nitrogens with zero attached hydrogens (tertiary/aromatic N) is 3. The number of pyridine rings is 1. The van der Waals surface area contributed by atoms with Crippen molar-refractivity contribution in [2.45, 2.75) is 19.1 Å². The number of nitrogens with one attached hydrogen (secondary N) is 1. The van der Waals surface area contributed by atoms with E-state index in [0.717, 1.165) is 28.9 Å². The van der Waals surface area contributed by atoms with E-state index in [2.05, 4.69) is 15.3 Å². The molecule has 0 fully saturated rings. The molecule has 0 aliphatic heterocycles. The molecule has 3 rings (SSSR count). The molecule has 0 saturated heterocycles. The van der Waals surface area contributed by atoms with Crippen LogP contribution >= 0.6 is 11.6 Å². The summed E-state index contributed by atoms with van der Waals surface area (Å²) in [5.41, 5.74) is 2.68. The predicted molar refractivity (Wildman–Crippen MR) is 90.4 cm³/mol. The van der Waals surface area contributed by atoms with Crippen LogP contribution in [0.25, 0.3) is 11.0 Å². The summed E-state index contributed by atoms with van der Waals surface area (Å²) in [4.78, 5) is 8.14. The van der Waals surface area contributed by atoms with E-state index in [1.165, 1.54) is 0 Å². The monoisotopic (exact) mass is 368 g/mol. The van der Waals surface area contributed by atoms with E-state index in [9.17, 15) is 13.2 Å². The van der Waals surface area contributed by atoms with Crippen molar-refractivity contribution in [2.24, 2.45) is 7.05 Å². The molecule has 25 heavy (non-hydrogen) atoms. The molecule has 0 spiro atoms. The molecular weight excluding hydrogens is 353 g/mol. The number of imidazole rings is 1. The number of fused-ring (bicyclic) bond motifs is 1. The largest absolute Gasteiger partial charge is 0.417 e. The smallest absolute Gasteiger partial charge is 0.334 e. The summed E-state index contributed by atoms with van der Waals surface area (Å²) in [7, 11) is 1.94. The Kier molecular flexibility index (Phi) is 4.96. The average molecular weight is 369 g/mol. The first kappa shape index (κ1) is 17.7. The number of aryl methyl sites for hydroxylation is 1. The Bertz CT molecular complexity index is 889. The lowest BCUT2D eigenvalue weighted by Gasteiger charge is -2.10. The highest BCUT2D eigenvalue weighted by molar-refractivity contribution is 6.31. The van der Waals surface area contributed by atoms with Crippen molar-refractivity contribution in [3.63, 3.8) is 0 Å². The fourth-order valence-corrected chi connectivity index (χ4v) is 2.80. The third-order valence-corrected chi connectivity index (χ3v) is 4.23. The Morgan fingerprint density at radius 3 is 2.72 bits per heavy atom. The second kappa shape index (κ2) is 7.01. The lowest BCUT2D eigenvalue weighted by atomic mass is 10.2. The van der Waals surface area contributed by atoms with Gasteiger partial charge in [-0.05, 0) is 23.8 Å². The van der Waals surface area contributed by atoms with Crippen molar-refractivity contribution in [1.82, 2.24) is 19.9 Å². The van der Waals surface area contributed by atoms with Crippen LogP contribution in [0.2, 0.25) is 5.02 Å². The topological polar surface area (TPSA) is 42.7 Å². The average Bonchev–Trinajstić information content (AvgIpc) is 2.92. The van der Waals surface area contributed by atoms with Gasteiger partial charge in [0.15, 0.2) is 0 Å². The van der Waals surface area contributed by atoms with Gasteiger partial charge in [-0.2, -0.15) is 13.2 Å². The van der Waals surface area contributed by atoms with Gasteiger partial charge >= 0.3 is 6.18 Å². The Balaban J connectivity index is 1.55.